The van der Waals surface area contributed by atoms with Crippen LogP contribution in [0, 0.1) is 0 Å². The van der Waals surface area contributed by atoms with Crippen molar-refractivity contribution >= 4 is 33.7 Å². The number of benzene rings is 2. The van der Waals surface area contributed by atoms with E-state index in [1.165, 1.54) is 10.8 Å². The van der Waals surface area contributed by atoms with E-state index < -0.39 is 0 Å². The fourth-order valence-corrected chi connectivity index (χ4v) is 2.65. The molecule has 2 aromatic carbocycles. The summed E-state index contributed by atoms with van der Waals surface area (Å²) in [6.45, 7) is 0. The average Bonchev–Trinajstić information content (AvgIpc) is 2.87. The van der Waals surface area contributed by atoms with Crippen LogP contribution in [-0.4, -0.2) is 10.2 Å². The molecule has 84 valence electrons. The molecular formula is C13H9ClN2S. The highest BCUT2D eigenvalue weighted by molar-refractivity contribution is 7.14. The lowest BCUT2D eigenvalue weighted by Gasteiger charge is -1.99. The Balaban J connectivity index is 2.11. The largest absolute Gasteiger partial charge is 0.147 e. The van der Waals surface area contributed by atoms with Crippen LogP contribution in [0.15, 0.2) is 42.5 Å². The Morgan fingerprint density at radius 1 is 1.00 bits per heavy atom. The molecule has 0 N–H and O–H groups in total. The van der Waals surface area contributed by atoms with Gasteiger partial charge in [0, 0.05) is 5.56 Å². The normalized spacial score (nSPS) is 10.9. The second-order valence-corrected chi connectivity index (χ2v) is 5.03. The van der Waals surface area contributed by atoms with E-state index in [0.717, 1.165) is 15.6 Å². The molecule has 1 heterocycles. The summed E-state index contributed by atoms with van der Waals surface area (Å²) < 4.78 is 0. The van der Waals surface area contributed by atoms with E-state index in [1.807, 2.05) is 12.1 Å². The lowest BCUT2D eigenvalue weighted by atomic mass is 10.1. The zero-order chi connectivity index (χ0) is 11.7. The lowest BCUT2D eigenvalue weighted by molar-refractivity contribution is 1.04. The summed E-state index contributed by atoms with van der Waals surface area (Å²) in [6, 6.07) is 14.6. The average molecular weight is 261 g/mol. The van der Waals surface area contributed by atoms with Gasteiger partial charge in [0.25, 0.3) is 0 Å². The number of fused-ring (bicyclic) bond motifs is 1. The molecule has 0 aliphatic carbocycles. The lowest BCUT2D eigenvalue weighted by Crippen LogP contribution is -1.78. The minimum absolute atomic E-state index is 0.422. The molecule has 3 rings (SSSR count). The van der Waals surface area contributed by atoms with E-state index in [4.69, 9.17) is 11.6 Å². The molecule has 1 aromatic heterocycles. The van der Waals surface area contributed by atoms with Gasteiger partial charge in [-0.3, -0.25) is 0 Å². The van der Waals surface area contributed by atoms with Crippen LogP contribution >= 0.6 is 22.9 Å². The third kappa shape index (κ3) is 2.04. The van der Waals surface area contributed by atoms with Gasteiger partial charge in [-0.15, -0.1) is 21.8 Å². The van der Waals surface area contributed by atoms with Gasteiger partial charge in [-0.2, -0.15) is 0 Å². The minimum atomic E-state index is 0.422. The van der Waals surface area contributed by atoms with Crippen LogP contribution in [0.5, 0.6) is 0 Å². The molecule has 0 saturated carbocycles. The highest BCUT2D eigenvalue weighted by Crippen LogP contribution is 2.27. The van der Waals surface area contributed by atoms with Gasteiger partial charge in [0.15, 0.2) is 0 Å². The van der Waals surface area contributed by atoms with Crippen LogP contribution < -0.4 is 0 Å². The maximum Gasteiger partial charge on any atom is 0.147 e. The molecule has 0 spiro atoms. The van der Waals surface area contributed by atoms with Crippen molar-refractivity contribution in [2.75, 3.05) is 0 Å². The van der Waals surface area contributed by atoms with Crippen LogP contribution in [0.3, 0.4) is 0 Å². The van der Waals surface area contributed by atoms with E-state index >= 15 is 0 Å². The summed E-state index contributed by atoms with van der Waals surface area (Å²) in [5.74, 6) is 0.422. The highest BCUT2D eigenvalue weighted by atomic mass is 35.5. The van der Waals surface area contributed by atoms with Gasteiger partial charge in [-0.25, -0.2) is 0 Å². The Morgan fingerprint density at radius 3 is 2.59 bits per heavy atom. The fourth-order valence-electron chi connectivity index (χ4n) is 1.75. The van der Waals surface area contributed by atoms with Gasteiger partial charge >= 0.3 is 0 Å². The van der Waals surface area contributed by atoms with Crippen LogP contribution in [0.4, 0.5) is 0 Å². The van der Waals surface area contributed by atoms with Crippen molar-refractivity contribution in [3.05, 3.63) is 47.5 Å². The van der Waals surface area contributed by atoms with Crippen LogP contribution in [0.1, 0.15) is 5.01 Å². The summed E-state index contributed by atoms with van der Waals surface area (Å²) in [4.78, 5) is 0. The van der Waals surface area contributed by atoms with Gasteiger partial charge in [-0.05, 0) is 16.8 Å². The fraction of sp³-hybridized carbons (Fsp3) is 0.0769. The minimum Gasteiger partial charge on any atom is -0.142 e. The van der Waals surface area contributed by atoms with Gasteiger partial charge in [0.2, 0.25) is 0 Å². The predicted molar refractivity (Wildman–Crippen MR) is 72.4 cm³/mol. The van der Waals surface area contributed by atoms with E-state index in [1.54, 1.807) is 11.3 Å². The highest BCUT2D eigenvalue weighted by Gasteiger charge is 2.06. The second kappa shape index (κ2) is 4.43. The van der Waals surface area contributed by atoms with Crippen molar-refractivity contribution in [2.24, 2.45) is 0 Å². The van der Waals surface area contributed by atoms with Crippen LogP contribution in [-0.2, 0) is 5.88 Å². The van der Waals surface area contributed by atoms with Crippen molar-refractivity contribution in [3.63, 3.8) is 0 Å². The van der Waals surface area contributed by atoms with E-state index in [2.05, 4.69) is 40.5 Å². The first kappa shape index (κ1) is 10.7. The SMILES string of the molecule is ClCc1nnc(-c2ccc3ccccc3c2)s1. The summed E-state index contributed by atoms with van der Waals surface area (Å²) in [7, 11) is 0. The molecule has 4 heteroatoms. The molecule has 0 saturated heterocycles. The molecular weight excluding hydrogens is 252 g/mol. The maximum absolute atomic E-state index is 5.73. The first-order valence-electron chi connectivity index (χ1n) is 5.24. The predicted octanol–water partition coefficient (Wildman–Crippen LogP) is 4.10. The van der Waals surface area contributed by atoms with Gasteiger partial charge < -0.3 is 0 Å². The number of halogens is 1. The van der Waals surface area contributed by atoms with Gasteiger partial charge in [0.05, 0.1) is 5.88 Å². The quantitative estimate of drug-likeness (QED) is 0.649. The molecule has 0 bridgehead atoms. The first-order valence-corrected chi connectivity index (χ1v) is 6.59. The molecule has 0 aliphatic heterocycles. The number of hydrogen-bond acceptors (Lipinski definition) is 3. The number of nitrogens with zero attached hydrogens (tertiary/aromatic N) is 2. The third-order valence-electron chi connectivity index (χ3n) is 2.58. The molecule has 0 fully saturated rings. The zero-order valence-electron chi connectivity index (χ0n) is 8.93. The van der Waals surface area contributed by atoms with E-state index in [-0.39, 0.29) is 0 Å². The molecule has 3 aromatic rings. The third-order valence-corrected chi connectivity index (χ3v) is 3.96. The second-order valence-electron chi connectivity index (χ2n) is 3.70. The molecule has 0 atom stereocenters. The maximum atomic E-state index is 5.73. The van der Waals surface area contributed by atoms with Gasteiger partial charge in [0.1, 0.15) is 10.0 Å². The molecule has 0 unspecified atom stereocenters. The summed E-state index contributed by atoms with van der Waals surface area (Å²) >= 11 is 7.27. The Morgan fingerprint density at radius 2 is 1.82 bits per heavy atom. The topological polar surface area (TPSA) is 25.8 Å². The van der Waals surface area contributed by atoms with Crippen LogP contribution in [0.25, 0.3) is 21.3 Å². The first-order chi connectivity index (χ1) is 8.36. The number of alkyl halides is 1. The van der Waals surface area contributed by atoms with Gasteiger partial charge in [-0.1, -0.05) is 47.7 Å². The van der Waals surface area contributed by atoms with Crippen molar-refractivity contribution < 1.29 is 0 Å². The summed E-state index contributed by atoms with van der Waals surface area (Å²) in [5.41, 5.74) is 1.09. The molecule has 17 heavy (non-hydrogen) atoms. The Bertz CT molecular complexity index is 663. The number of aromatic nitrogens is 2. The van der Waals surface area contributed by atoms with E-state index in [9.17, 15) is 0 Å². The molecule has 0 radical (unpaired) electrons. The Labute approximate surface area is 108 Å². The zero-order valence-corrected chi connectivity index (χ0v) is 10.5. The number of rotatable bonds is 2. The van der Waals surface area contributed by atoms with Crippen molar-refractivity contribution in [2.45, 2.75) is 5.88 Å². The molecule has 0 aliphatic rings. The van der Waals surface area contributed by atoms with Crippen molar-refractivity contribution in [1.29, 1.82) is 0 Å². The standard InChI is InChI=1S/C13H9ClN2S/c14-8-12-15-16-13(17-12)11-6-5-9-3-1-2-4-10(9)7-11/h1-7H,8H2. The van der Waals surface area contributed by atoms with Crippen molar-refractivity contribution in [3.8, 4) is 10.6 Å². The monoisotopic (exact) mass is 260 g/mol. The Kier molecular flexibility index (Phi) is 2.79. The smallest absolute Gasteiger partial charge is 0.142 e. The number of hydrogen-bond donors (Lipinski definition) is 0. The van der Waals surface area contributed by atoms with Crippen molar-refractivity contribution in [1.82, 2.24) is 10.2 Å². The Hall–Kier alpha value is -1.45. The molecule has 2 nitrogen and oxygen atoms in total. The summed E-state index contributed by atoms with van der Waals surface area (Å²) in [6.07, 6.45) is 0. The van der Waals surface area contributed by atoms with E-state index in [0.29, 0.717) is 5.88 Å². The molecule has 0 amide bonds. The summed E-state index contributed by atoms with van der Waals surface area (Å²) in [5, 5.41) is 12.4. The van der Waals surface area contributed by atoms with Crippen LogP contribution in [0.2, 0.25) is 0 Å².